The Balaban J connectivity index is 1.84. The van der Waals surface area contributed by atoms with Crippen molar-refractivity contribution in [2.75, 3.05) is 13.1 Å². The van der Waals surface area contributed by atoms with Gasteiger partial charge in [0, 0.05) is 12.6 Å². The summed E-state index contributed by atoms with van der Waals surface area (Å²) >= 11 is 0. The third kappa shape index (κ3) is 4.77. The second-order valence-electron chi connectivity index (χ2n) is 6.34. The Kier molecular flexibility index (Phi) is 6.49. The number of nitrogens with one attached hydrogen (secondary N) is 2. The van der Waals surface area contributed by atoms with Gasteiger partial charge in [0.2, 0.25) is 5.91 Å². The monoisotopic (exact) mass is 352 g/mol. The molecular formula is C16H24N4O5. The van der Waals surface area contributed by atoms with Crippen molar-refractivity contribution in [2.24, 2.45) is 0 Å². The van der Waals surface area contributed by atoms with Crippen LogP contribution in [0.1, 0.15) is 51.9 Å². The van der Waals surface area contributed by atoms with Crippen molar-refractivity contribution < 1.29 is 24.0 Å². The van der Waals surface area contributed by atoms with Crippen LogP contribution in [0.4, 0.5) is 9.59 Å². The Morgan fingerprint density at radius 2 is 1.68 bits per heavy atom. The molecule has 0 bridgehead atoms. The van der Waals surface area contributed by atoms with Crippen molar-refractivity contribution in [3.05, 3.63) is 0 Å². The molecule has 7 amide bonds. The van der Waals surface area contributed by atoms with Crippen LogP contribution in [0, 0.1) is 0 Å². The largest absolute Gasteiger partial charge is 0.335 e. The summed E-state index contributed by atoms with van der Waals surface area (Å²) in [4.78, 5) is 60.9. The molecule has 1 heterocycles. The lowest BCUT2D eigenvalue weighted by Crippen LogP contribution is -2.49. The van der Waals surface area contributed by atoms with Crippen LogP contribution < -0.4 is 10.6 Å². The molecule has 1 saturated carbocycles. The van der Waals surface area contributed by atoms with Gasteiger partial charge in [0.1, 0.15) is 6.54 Å². The van der Waals surface area contributed by atoms with E-state index in [-0.39, 0.29) is 12.6 Å². The summed E-state index contributed by atoms with van der Waals surface area (Å²) in [6.07, 6.45) is 6.27. The van der Waals surface area contributed by atoms with Gasteiger partial charge in [-0.1, -0.05) is 32.6 Å². The van der Waals surface area contributed by atoms with Crippen LogP contribution in [0.15, 0.2) is 0 Å². The van der Waals surface area contributed by atoms with Gasteiger partial charge in [-0.3, -0.25) is 24.6 Å². The highest BCUT2D eigenvalue weighted by Crippen LogP contribution is 2.17. The summed E-state index contributed by atoms with van der Waals surface area (Å²) < 4.78 is 0. The number of amides is 7. The molecule has 0 unspecified atom stereocenters. The Morgan fingerprint density at radius 3 is 2.32 bits per heavy atom. The number of carbonyl (C=O) groups is 5. The van der Waals surface area contributed by atoms with Gasteiger partial charge in [-0.25, -0.2) is 14.5 Å². The SMILES string of the molecule is CCCCN1C(=O)C(=O)N(CC(=O)NC(=O)NC2CCCCC2)C1=O. The van der Waals surface area contributed by atoms with E-state index >= 15 is 0 Å². The zero-order chi connectivity index (χ0) is 18.4. The highest BCUT2D eigenvalue weighted by atomic mass is 16.2. The lowest BCUT2D eigenvalue weighted by atomic mass is 9.96. The highest BCUT2D eigenvalue weighted by Gasteiger charge is 2.44. The predicted molar refractivity (Wildman–Crippen MR) is 87.3 cm³/mol. The van der Waals surface area contributed by atoms with Crippen LogP contribution in [0.25, 0.3) is 0 Å². The van der Waals surface area contributed by atoms with Crippen LogP contribution in [-0.2, 0) is 14.4 Å². The van der Waals surface area contributed by atoms with Crippen molar-refractivity contribution in [1.82, 2.24) is 20.4 Å². The average Bonchev–Trinajstić information content (AvgIpc) is 2.77. The number of imide groups is 3. The Hall–Kier alpha value is -2.45. The number of rotatable bonds is 6. The molecule has 1 saturated heterocycles. The average molecular weight is 352 g/mol. The number of nitrogens with zero attached hydrogens (tertiary/aromatic N) is 2. The van der Waals surface area contributed by atoms with Crippen LogP contribution in [0.5, 0.6) is 0 Å². The molecule has 0 aromatic carbocycles. The third-order valence-corrected chi connectivity index (χ3v) is 4.37. The number of hydrogen-bond acceptors (Lipinski definition) is 5. The molecule has 2 aliphatic rings. The van der Waals surface area contributed by atoms with E-state index in [4.69, 9.17) is 0 Å². The summed E-state index contributed by atoms with van der Waals surface area (Å²) in [5.41, 5.74) is 0. The maximum atomic E-state index is 12.1. The number of unbranched alkanes of at least 4 members (excludes halogenated alkanes) is 1. The van der Waals surface area contributed by atoms with E-state index in [1.807, 2.05) is 6.92 Å². The molecular weight excluding hydrogens is 328 g/mol. The van der Waals surface area contributed by atoms with Gasteiger partial charge in [0.25, 0.3) is 0 Å². The van der Waals surface area contributed by atoms with E-state index in [9.17, 15) is 24.0 Å². The maximum Gasteiger partial charge on any atom is 0.334 e. The normalized spacial score (nSPS) is 18.7. The molecule has 0 aromatic rings. The van der Waals surface area contributed by atoms with E-state index in [0.29, 0.717) is 11.3 Å². The minimum absolute atomic E-state index is 0.0303. The summed E-state index contributed by atoms with van der Waals surface area (Å²) in [5, 5.41) is 4.81. The van der Waals surface area contributed by atoms with E-state index in [1.54, 1.807) is 0 Å². The first kappa shape index (κ1) is 18.9. The molecule has 0 atom stereocenters. The van der Waals surface area contributed by atoms with Crippen molar-refractivity contribution in [3.8, 4) is 0 Å². The minimum atomic E-state index is -1.04. The van der Waals surface area contributed by atoms with E-state index < -0.39 is 36.3 Å². The highest BCUT2D eigenvalue weighted by molar-refractivity contribution is 6.45. The smallest absolute Gasteiger partial charge is 0.334 e. The van der Waals surface area contributed by atoms with Crippen LogP contribution in [0.3, 0.4) is 0 Å². The third-order valence-electron chi connectivity index (χ3n) is 4.37. The molecule has 2 N–H and O–H groups in total. The van der Waals surface area contributed by atoms with Crippen molar-refractivity contribution in [2.45, 2.75) is 57.9 Å². The van der Waals surface area contributed by atoms with Gasteiger partial charge >= 0.3 is 23.9 Å². The van der Waals surface area contributed by atoms with Gasteiger partial charge in [-0.2, -0.15) is 0 Å². The molecule has 9 heteroatoms. The van der Waals surface area contributed by atoms with Crippen molar-refractivity contribution >= 4 is 29.8 Å². The zero-order valence-corrected chi connectivity index (χ0v) is 14.4. The fourth-order valence-electron chi connectivity index (χ4n) is 2.98. The Labute approximate surface area is 146 Å². The molecule has 2 rings (SSSR count). The second-order valence-corrected chi connectivity index (χ2v) is 6.34. The predicted octanol–water partition coefficient (Wildman–Crippen LogP) is 0.736. The quantitative estimate of drug-likeness (QED) is 0.540. The second kappa shape index (κ2) is 8.59. The topological polar surface area (TPSA) is 116 Å². The number of carbonyl (C=O) groups excluding carboxylic acids is 5. The van der Waals surface area contributed by atoms with Gasteiger partial charge in [0.05, 0.1) is 0 Å². The number of hydrogen-bond donors (Lipinski definition) is 2. The summed E-state index contributed by atoms with van der Waals surface area (Å²) in [7, 11) is 0. The van der Waals surface area contributed by atoms with Crippen LogP contribution >= 0.6 is 0 Å². The molecule has 1 aliphatic heterocycles. The Morgan fingerprint density at radius 1 is 1.04 bits per heavy atom. The lowest BCUT2D eigenvalue weighted by molar-refractivity contribution is -0.143. The summed E-state index contributed by atoms with van der Waals surface area (Å²) in [5.74, 6) is -2.78. The number of urea groups is 2. The van der Waals surface area contributed by atoms with Crippen molar-refractivity contribution in [3.63, 3.8) is 0 Å². The van der Waals surface area contributed by atoms with E-state index in [2.05, 4.69) is 10.6 Å². The molecule has 0 radical (unpaired) electrons. The molecule has 138 valence electrons. The molecule has 2 fully saturated rings. The lowest BCUT2D eigenvalue weighted by Gasteiger charge is -2.22. The summed E-state index contributed by atoms with van der Waals surface area (Å²) in [6, 6.07) is -1.43. The molecule has 0 aromatic heterocycles. The van der Waals surface area contributed by atoms with E-state index in [0.717, 1.165) is 43.4 Å². The molecule has 25 heavy (non-hydrogen) atoms. The van der Waals surface area contributed by atoms with Gasteiger partial charge in [-0.15, -0.1) is 0 Å². The molecule has 1 aliphatic carbocycles. The first-order valence-electron chi connectivity index (χ1n) is 8.71. The summed E-state index contributed by atoms with van der Waals surface area (Å²) in [6.45, 7) is 1.38. The Bertz CT molecular complexity index is 571. The zero-order valence-electron chi connectivity index (χ0n) is 14.4. The van der Waals surface area contributed by atoms with E-state index in [1.165, 1.54) is 0 Å². The van der Waals surface area contributed by atoms with Crippen LogP contribution in [0.2, 0.25) is 0 Å². The minimum Gasteiger partial charge on any atom is -0.335 e. The standard InChI is InChI=1S/C16H24N4O5/c1-2-3-9-19-13(22)14(23)20(16(19)25)10-12(21)18-15(24)17-11-7-5-4-6-8-11/h11H,2-10H2,1H3,(H2,17,18,21,24). The van der Waals surface area contributed by atoms with Gasteiger partial charge in [-0.05, 0) is 19.3 Å². The fraction of sp³-hybridized carbons (Fsp3) is 0.688. The van der Waals surface area contributed by atoms with Crippen LogP contribution in [-0.4, -0.2) is 58.7 Å². The molecule has 9 nitrogen and oxygen atoms in total. The van der Waals surface area contributed by atoms with Gasteiger partial charge < -0.3 is 5.32 Å². The fourth-order valence-corrected chi connectivity index (χ4v) is 2.98. The van der Waals surface area contributed by atoms with Crippen molar-refractivity contribution in [1.29, 1.82) is 0 Å². The first-order valence-corrected chi connectivity index (χ1v) is 8.71. The maximum absolute atomic E-state index is 12.1. The first-order chi connectivity index (χ1) is 11.9. The van der Waals surface area contributed by atoms with Gasteiger partial charge in [0.15, 0.2) is 0 Å². The molecule has 0 spiro atoms.